The van der Waals surface area contributed by atoms with E-state index in [-0.39, 0.29) is 0 Å². The summed E-state index contributed by atoms with van der Waals surface area (Å²) in [4.78, 5) is 17.0. The van der Waals surface area contributed by atoms with Crippen LogP contribution in [0.5, 0.6) is 0 Å². The first-order chi connectivity index (χ1) is 17.0. The monoisotopic (exact) mass is 477 g/mol. The van der Waals surface area contributed by atoms with Gasteiger partial charge >= 0.3 is 0 Å². The third-order valence-corrected chi connectivity index (χ3v) is 7.16. The standard InChI is InChI=1S/C28H43N7/c1-6-33(4)19-11-18-29-26-15-7-8-16-27-31-23(25(35(26)27)21-32(2)3)20-34(5)24-14-9-12-22-13-10-17-30-28(22)24/h8,10,13,15-17,24,29H,6-7,9,11-12,14,18-21H2,1-5H3/t24-/m0/s1. The number of allylic oxidation sites excluding steroid dienone is 2. The van der Waals surface area contributed by atoms with Gasteiger partial charge in [-0.2, -0.15) is 0 Å². The van der Waals surface area contributed by atoms with Crippen LogP contribution in [0.3, 0.4) is 0 Å². The lowest BCUT2D eigenvalue weighted by molar-refractivity contribution is 0.205. The smallest absolute Gasteiger partial charge is 0.138 e. The third kappa shape index (κ3) is 6.21. The van der Waals surface area contributed by atoms with E-state index < -0.39 is 0 Å². The number of nitrogens with one attached hydrogen (secondary N) is 1. The van der Waals surface area contributed by atoms with Crippen LogP contribution in [-0.2, 0) is 19.5 Å². The predicted molar refractivity (Wildman–Crippen MR) is 145 cm³/mol. The van der Waals surface area contributed by atoms with Crippen LogP contribution in [0.4, 0.5) is 0 Å². The van der Waals surface area contributed by atoms with Crippen molar-refractivity contribution < 1.29 is 0 Å². The molecule has 0 radical (unpaired) electrons. The molecule has 0 saturated heterocycles. The Morgan fingerprint density at radius 1 is 1.17 bits per heavy atom. The van der Waals surface area contributed by atoms with Crippen LogP contribution in [0, 0.1) is 0 Å². The van der Waals surface area contributed by atoms with E-state index in [1.54, 1.807) is 0 Å². The minimum Gasteiger partial charge on any atom is -0.371 e. The fraction of sp³-hybridized carbons (Fsp3) is 0.571. The Morgan fingerprint density at radius 3 is 2.83 bits per heavy atom. The molecular weight excluding hydrogens is 434 g/mol. The average Bonchev–Trinajstić information content (AvgIpc) is 3.04. The minimum atomic E-state index is 0.341. The van der Waals surface area contributed by atoms with E-state index in [2.05, 4.69) is 90.1 Å². The zero-order valence-corrected chi connectivity index (χ0v) is 22.3. The number of nitrogens with zero attached hydrogens (tertiary/aromatic N) is 6. The summed E-state index contributed by atoms with van der Waals surface area (Å²) >= 11 is 0. The van der Waals surface area contributed by atoms with Crippen LogP contribution in [0.2, 0.25) is 0 Å². The molecule has 1 aliphatic carbocycles. The molecule has 35 heavy (non-hydrogen) atoms. The van der Waals surface area contributed by atoms with Crippen LogP contribution >= 0.6 is 0 Å². The van der Waals surface area contributed by atoms with Gasteiger partial charge in [0.2, 0.25) is 0 Å². The molecule has 7 nitrogen and oxygen atoms in total. The highest BCUT2D eigenvalue weighted by Gasteiger charge is 2.27. The number of rotatable bonds is 11. The summed E-state index contributed by atoms with van der Waals surface area (Å²) in [6.07, 6.45) is 14.2. The Kier molecular flexibility index (Phi) is 8.76. The van der Waals surface area contributed by atoms with Gasteiger partial charge in [-0.15, -0.1) is 0 Å². The number of hydrogen-bond donors (Lipinski definition) is 1. The molecule has 0 bridgehead atoms. The first kappa shape index (κ1) is 25.6. The minimum absolute atomic E-state index is 0.341. The number of aromatic nitrogens is 3. The fourth-order valence-electron chi connectivity index (χ4n) is 5.17. The van der Waals surface area contributed by atoms with Gasteiger partial charge in [0.25, 0.3) is 0 Å². The molecule has 0 aromatic carbocycles. The molecule has 0 fully saturated rings. The average molecular weight is 478 g/mol. The quantitative estimate of drug-likeness (QED) is 0.494. The second-order valence-electron chi connectivity index (χ2n) is 10.2. The fourth-order valence-corrected chi connectivity index (χ4v) is 5.17. The van der Waals surface area contributed by atoms with Crippen LogP contribution in [0.15, 0.2) is 30.5 Å². The summed E-state index contributed by atoms with van der Waals surface area (Å²) in [5.74, 6) is 2.18. The maximum absolute atomic E-state index is 5.17. The molecule has 190 valence electrons. The molecule has 0 saturated carbocycles. The van der Waals surface area contributed by atoms with Gasteiger partial charge in [0.1, 0.15) is 11.6 Å². The lowest BCUT2D eigenvalue weighted by Gasteiger charge is -2.32. The SMILES string of the molecule is CCN(C)CCCNC1=CCC=Cc2nc(CN(C)[C@H]3CCCc4cccnc43)c(CN(C)C)n21. The third-order valence-electron chi connectivity index (χ3n) is 7.16. The van der Waals surface area contributed by atoms with E-state index in [4.69, 9.17) is 9.97 Å². The topological polar surface area (TPSA) is 52.5 Å². The summed E-state index contributed by atoms with van der Waals surface area (Å²) in [7, 11) is 8.69. The van der Waals surface area contributed by atoms with Crippen molar-refractivity contribution >= 4 is 11.9 Å². The van der Waals surface area contributed by atoms with Gasteiger partial charge in [-0.1, -0.05) is 19.1 Å². The van der Waals surface area contributed by atoms with Gasteiger partial charge in [-0.25, -0.2) is 4.98 Å². The molecule has 1 aliphatic heterocycles. The van der Waals surface area contributed by atoms with E-state index in [0.717, 1.165) is 75.7 Å². The van der Waals surface area contributed by atoms with E-state index in [9.17, 15) is 0 Å². The number of hydrogen-bond acceptors (Lipinski definition) is 6. The van der Waals surface area contributed by atoms with E-state index >= 15 is 0 Å². The van der Waals surface area contributed by atoms with Crippen molar-refractivity contribution in [1.29, 1.82) is 0 Å². The Bertz CT molecular complexity index is 1040. The van der Waals surface area contributed by atoms with Crippen molar-refractivity contribution in [2.45, 2.75) is 58.2 Å². The van der Waals surface area contributed by atoms with Crippen molar-refractivity contribution in [2.75, 3.05) is 47.8 Å². The maximum atomic E-state index is 5.17. The van der Waals surface area contributed by atoms with Gasteiger partial charge in [0.15, 0.2) is 0 Å². The van der Waals surface area contributed by atoms with Crippen molar-refractivity contribution in [1.82, 2.24) is 34.6 Å². The first-order valence-corrected chi connectivity index (χ1v) is 13.2. The number of aryl methyl sites for hydroxylation is 1. The van der Waals surface area contributed by atoms with Gasteiger partial charge in [-0.3, -0.25) is 14.5 Å². The number of fused-ring (bicyclic) bond motifs is 2. The normalized spacial score (nSPS) is 17.5. The lowest BCUT2D eigenvalue weighted by atomic mass is 9.91. The Balaban J connectivity index is 1.58. The zero-order chi connectivity index (χ0) is 24.8. The second-order valence-corrected chi connectivity index (χ2v) is 10.2. The highest BCUT2D eigenvalue weighted by atomic mass is 15.2. The molecule has 2 aromatic rings. The molecule has 7 heteroatoms. The summed E-state index contributed by atoms with van der Waals surface area (Å²) in [6.45, 7) is 7.01. The second kappa shape index (κ2) is 12.0. The first-order valence-electron chi connectivity index (χ1n) is 13.2. The highest BCUT2D eigenvalue weighted by Crippen LogP contribution is 2.33. The molecule has 0 unspecified atom stereocenters. The van der Waals surface area contributed by atoms with Crippen molar-refractivity contribution in [3.63, 3.8) is 0 Å². The molecule has 2 aromatic heterocycles. The van der Waals surface area contributed by atoms with E-state index in [0.29, 0.717) is 6.04 Å². The lowest BCUT2D eigenvalue weighted by Crippen LogP contribution is -2.29. The summed E-state index contributed by atoms with van der Waals surface area (Å²) < 4.78 is 2.35. The van der Waals surface area contributed by atoms with Crippen LogP contribution in [0.25, 0.3) is 11.9 Å². The van der Waals surface area contributed by atoms with Crippen molar-refractivity contribution in [3.8, 4) is 0 Å². The van der Waals surface area contributed by atoms with Crippen LogP contribution in [-0.4, -0.2) is 77.1 Å². The van der Waals surface area contributed by atoms with E-state index in [1.807, 2.05) is 6.20 Å². The molecule has 0 spiro atoms. The summed E-state index contributed by atoms with van der Waals surface area (Å²) in [6, 6.07) is 4.65. The van der Waals surface area contributed by atoms with Gasteiger partial charge in [0, 0.05) is 25.8 Å². The van der Waals surface area contributed by atoms with Gasteiger partial charge in [0.05, 0.1) is 23.1 Å². The maximum Gasteiger partial charge on any atom is 0.138 e. The molecule has 2 aliphatic rings. The molecule has 1 atom stereocenters. The molecule has 0 amide bonds. The Hall–Kier alpha value is -2.48. The van der Waals surface area contributed by atoms with Gasteiger partial charge < -0.3 is 15.1 Å². The molecule has 3 heterocycles. The molecule has 1 N–H and O–H groups in total. The van der Waals surface area contributed by atoms with Crippen molar-refractivity contribution in [3.05, 3.63) is 59.0 Å². The van der Waals surface area contributed by atoms with Crippen LogP contribution < -0.4 is 5.32 Å². The Labute approximate surface area is 211 Å². The van der Waals surface area contributed by atoms with E-state index in [1.165, 1.54) is 23.4 Å². The number of imidazole rings is 1. The highest BCUT2D eigenvalue weighted by molar-refractivity contribution is 5.58. The zero-order valence-electron chi connectivity index (χ0n) is 22.3. The number of pyridine rings is 1. The molecule has 4 rings (SSSR count). The summed E-state index contributed by atoms with van der Waals surface area (Å²) in [5, 5.41) is 3.73. The van der Waals surface area contributed by atoms with Crippen molar-refractivity contribution in [2.24, 2.45) is 0 Å². The predicted octanol–water partition coefficient (Wildman–Crippen LogP) is 4.00. The Morgan fingerprint density at radius 2 is 2.03 bits per heavy atom. The summed E-state index contributed by atoms with van der Waals surface area (Å²) in [5.41, 5.74) is 5.07. The van der Waals surface area contributed by atoms with Gasteiger partial charge in [-0.05, 0) is 97.2 Å². The van der Waals surface area contributed by atoms with Crippen LogP contribution in [0.1, 0.15) is 67.1 Å². The molecular formula is C28H43N7. The largest absolute Gasteiger partial charge is 0.371 e.